The zero-order chi connectivity index (χ0) is 11.5. The average molecular weight is 230 g/mol. The van der Waals surface area contributed by atoms with Crippen LogP contribution in [0.1, 0.15) is 5.69 Å². The van der Waals surface area contributed by atoms with Gasteiger partial charge in [0.1, 0.15) is 0 Å². The van der Waals surface area contributed by atoms with Crippen molar-refractivity contribution in [1.82, 2.24) is 9.55 Å². The number of hydrogen-bond donors (Lipinski definition) is 1. The highest BCUT2D eigenvalue weighted by atomic mass is 32.1. The summed E-state index contributed by atoms with van der Waals surface area (Å²) < 4.78 is 2.81. The van der Waals surface area contributed by atoms with Crippen LogP contribution in [0.2, 0.25) is 0 Å². The van der Waals surface area contributed by atoms with Crippen LogP contribution in [-0.2, 0) is 6.54 Å². The van der Waals surface area contributed by atoms with Crippen molar-refractivity contribution < 1.29 is 0 Å². The summed E-state index contributed by atoms with van der Waals surface area (Å²) in [6.07, 6.45) is 1.86. The summed E-state index contributed by atoms with van der Waals surface area (Å²) in [7, 11) is 0. The first-order valence-corrected chi connectivity index (χ1v) is 5.60. The SMILES string of the molecule is C=CCn1c(-c2ccccc2)c(C)[nH]c1=S. The van der Waals surface area contributed by atoms with Crippen molar-refractivity contribution in [3.05, 3.63) is 53.5 Å². The summed E-state index contributed by atoms with van der Waals surface area (Å²) in [5.74, 6) is 0. The molecule has 82 valence electrons. The molecule has 1 aromatic carbocycles. The first-order chi connectivity index (χ1) is 7.74. The Morgan fingerprint density at radius 3 is 2.69 bits per heavy atom. The van der Waals surface area contributed by atoms with Gasteiger partial charge in [0.15, 0.2) is 4.77 Å². The zero-order valence-electron chi connectivity index (χ0n) is 9.23. The Balaban J connectivity index is 2.64. The third-order valence-electron chi connectivity index (χ3n) is 2.52. The van der Waals surface area contributed by atoms with Gasteiger partial charge >= 0.3 is 0 Å². The zero-order valence-corrected chi connectivity index (χ0v) is 10.1. The molecule has 0 unspecified atom stereocenters. The lowest BCUT2D eigenvalue weighted by molar-refractivity contribution is 0.815. The molecule has 2 rings (SSSR count). The molecule has 2 aromatic rings. The molecule has 0 fully saturated rings. The number of H-pyrrole nitrogens is 1. The maximum Gasteiger partial charge on any atom is 0.178 e. The smallest absolute Gasteiger partial charge is 0.178 e. The maximum absolute atomic E-state index is 5.29. The van der Waals surface area contributed by atoms with Gasteiger partial charge in [-0.3, -0.25) is 0 Å². The van der Waals surface area contributed by atoms with Crippen molar-refractivity contribution in [2.24, 2.45) is 0 Å². The highest BCUT2D eigenvalue weighted by Gasteiger charge is 2.09. The minimum absolute atomic E-state index is 0.730. The van der Waals surface area contributed by atoms with Crippen molar-refractivity contribution in [3.63, 3.8) is 0 Å². The summed E-state index contributed by atoms with van der Waals surface area (Å²) in [4.78, 5) is 3.19. The van der Waals surface area contributed by atoms with Gasteiger partial charge in [0.2, 0.25) is 0 Å². The van der Waals surface area contributed by atoms with E-state index in [0.717, 1.165) is 22.7 Å². The minimum atomic E-state index is 0.730. The van der Waals surface area contributed by atoms with E-state index in [2.05, 4.69) is 28.3 Å². The van der Waals surface area contributed by atoms with E-state index in [9.17, 15) is 0 Å². The Morgan fingerprint density at radius 2 is 2.06 bits per heavy atom. The number of imidazole rings is 1. The van der Waals surface area contributed by atoms with E-state index in [-0.39, 0.29) is 0 Å². The quantitative estimate of drug-likeness (QED) is 0.629. The highest BCUT2D eigenvalue weighted by molar-refractivity contribution is 7.71. The third kappa shape index (κ3) is 1.86. The molecular weight excluding hydrogens is 216 g/mol. The molecule has 0 saturated heterocycles. The molecule has 16 heavy (non-hydrogen) atoms. The van der Waals surface area contributed by atoms with Gasteiger partial charge in [0.05, 0.1) is 5.69 Å². The second-order valence-electron chi connectivity index (χ2n) is 3.67. The maximum atomic E-state index is 5.29. The first-order valence-electron chi connectivity index (χ1n) is 5.19. The summed E-state index contributed by atoms with van der Waals surface area (Å²) in [6, 6.07) is 10.2. The van der Waals surface area contributed by atoms with E-state index >= 15 is 0 Å². The van der Waals surface area contributed by atoms with E-state index in [0.29, 0.717) is 0 Å². The Kier molecular flexibility index (Phi) is 3.06. The van der Waals surface area contributed by atoms with Crippen LogP contribution < -0.4 is 0 Å². The molecule has 0 bridgehead atoms. The molecule has 2 nitrogen and oxygen atoms in total. The molecule has 0 spiro atoms. The number of allylic oxidation sites excluding steroid dienone is 1. The number of nitrogens with zero attached hydrogens (tertiary/aromatic N) is 1. The first kappa shape index (κ1) is 10.9. The van der Waals surface area contributed by atoms with Crippen molar-refractivity contribution >= 4 is 12.2 Å². The van der Waals surface area contributed by atoms with Gasteiger partial charge in [-0.05, 0) is 24.7 Å². The summed E-state index contributed by atoms with van der Waals surface area (Å²) in [5.41, 5.74) is 3.41. The van der Waals surface area contributed by atoms with E-state index in [1.54, 1.807) is 0 Å². The number of benzene rings is 1. The largest absolute Gasteiger partial charge is 0.334 e. The predicted molar refractivity (Wildman–Crippen MR) is 70.0 cm³/mol. The van der Waals surface area contributed by atoms with Crippen LogP contribution in [0.4, 0.5) is 0 Å². The fourth-order valence-corrected chi connectivity index (χ4v) is 2.18. The second kappa shape index (κ2) is 4.49. The van der Waals surface area contributed by atoms with Crippen molar-refractivity contribution in [2.75, 3.05) is 0 Å². The van der Waals surface area contributed by atoms with Crippen molar-refractivity contribution in [2.45, 2.75) is 13.5 Å². The lowest BCUT2D eigenvalue weighted by atomic mass is 10.1. The fraction of sp³-hybridized carbons (Fsp3) is 0.154. The molecule has 1 heterocycles. The molecule has 1 aromatic heterocycles. The Bertz CT molecular complexity index is 549. The summed E-state index contributed by atoms with van der Waals surface area (Å²) in [6.45, 7) is 6.53. The Labute approximate surface area is 100 Å². The number of hydrogen-bond acceptors (Lipinski definition) is 1. The molecule has 0 aliphatic carbocycles. The number of rotatable bonds is 3. The summed E-state index contributed by atoms with van der Waals surface area (Å²) in [5, 5.41) is 0. The standard InChI is InChI=1S/C13H14N2S/c1-3-9-15-12(10(2)14-13(15)16)11-7-5-4-6-8-11/h3-8H,1,9H2,2H3,(H,14,16). The Morgan fingerprint density at radius 1 is 1.38 bits per heavy atom. The molecule has 0 amide bonds. The van der Waals surface area contributed by atoms with Gasteiger partial charge in [-0.15, -0.1) is 6.58 Å². The van der Waals surface area contributed by atoms with Crippen LogP contribution in [0.15, 0.2) is 43.0 Å². The third-order valence-corrected chi connectivity index (χ3v) is 2.85. The van der Waals surface area contributed by atoms with Crippen LogP contribution in [0.25, 0.3) is 11.3 Å². The highest BCUT2D eigenvalue weighted by Crippen LogP contribution is 2.23. The van der Waals surface area contributed by atoms with Gasteiger partial charge < -0.3 is 9.55 Å². The predicted octanol–water partition coefficient (Wildman–Crippen LogP) is 3.71. The van der Waals surface area contributed by atoms with Gasteiger partial charge in [-0.2, -0.15) is 0 Å². The molecule has 0 aliphatic rings. The van der Waals surface area contributed by atoms with Crippen molar-refractivity contribution in [1.29, 1.82) is 0 Å². The van der Waals surface area contributed by atoms with Crippen LogP contribution >= 0.6 is 12.2 Å². The van der Waals surface area contributed by atoms with Crippen LogP contribution in [0.3, 0.4) is 0 Å². The number of aromatic amines is 1. The van der Waals surface area contributed by atoms with Crippen LogP contribution in [0, 0.1) is 11.7 Å². The van der Waals surface area contributed by atoms with Gasteiger partial charge in [-0.25, -0.2) is 0 Å². The number of aryl methyl sites for hydroxylation is 1. The monoisotopic (exact) mass is 230 g/mol. The molecule has 0 saturated carbocycles. The molecular formula is C13H14N2S. The van der Waals surface area contributed by atoms with Gasteiger partial charge in [-0.1, -0.05) is 36.4 Å². The average Bonchev–Trinajstić information content (AvgIpc) is 2.56. The van der Waals surface area contributed by atoms with Gasteiger partial charge in [0, 0.05) is 12.2 Å². The molecule has 0 atom stereocenters. The van der Waals surface area contributed by atoms with E-state index < -0.39 is 0 Å². The van der Waals surface area contributed by atoms with E-state index in [1.807, 2.05) is 31.2 Å². The molecule has 0 aliphatic heterocycles. The number of nitrogens with one attached hydrogen (secondary N) is 1. The lowest BCUT2D eigenvalue weighted by Gasteiger charge is -2.06. The van der Waals surface area contributed by atoms with E-state index in [1.165, 1.54) is 5.56 Å². The van der Waals surface area contributed by atoms with Crippen LogP contribution in [0.5, 0.6) is 0 Å². The molecule has 3 heteroatoms. The lowest BCUT2D eigenvalue weighted by Crippen LogP contribution is -1.98. The molecule has 1 N–H and O–H groups in total. The molecule has 0 radical (unpaired) electrons. The second-order valence-corrected chi connectivity index (χ2v) is 4.06. The Hall–Kier alpha value is -1.61. The topological polar surface area (TPSA) is 20.7 Å². The fourth-order valence-electron chi connectivity index (χ4n) is 1.86. The van der Waals surface area contributed by atoms with Crippen LogP contribution in [-0.4, -0.2) is 9.55 Å². The van der Waals surface area contributed by atoms with Gasteiger partial charge in [0.25, 0.3) is 0 Å². The summed E-state index contributed by atoms with van der Waals surface area (Å²) >= 11 is 5.29. The van der Waals surface area contributed by atoms with E-state index in [4.69, 9.17) is 12.2 Å². The normalized spacial score (nSPS) is 10.3. The minimum Gasteiger partial charge on any atom is -0.334 e. The van der Waals surface area contributed by atoms with Crippen molar-refractivity contribution in [3.8, 4) is 11.3 Å². The number of aromatic nitrogens is 2.